The summed E-state index contributed by atoms with van der Waals surface area (Å²) < 4.78 is 10.1. The van der Waals surface area contributed by atoms with E-state index in [-0.39, 0.29) is 0 Å². The fourth-order valence-corrected chi connectivity index (χ4v) is 5.36. The van der Waals surface area contributed by atoms with Crippen LogP contribution in [-0.4, -0.2) is 17.3 Å². The molecular formula is C24H15BNO2S. The van der Waals surface area contributed by atoms with Crippen LogP contribution in [0.25, 0.3) is 47.7 Å². The van der Waals surface area contributed by atoms with E-state index in [2.05, 4.69) is 65.2 Å². The number of hydrogen-bond donors (Lipinski definition) is 1. The minimum absolute atomic E-state index is 0.614. The SMILES string of the molecule is O[B]Oc1ccc2c(c1)c1ccccc1n2-c1ccc2c(c1)sc1ccccc12. The molecule has 0 aliphatic carbocycles. The summed E-state index contributed by atoms with van der Waals surface area (Å²) in [6.07, 6.45) is 0. The number of para-hydroxylation sites is 1. The number of aromatic nitrogens is 1. The van der Waals surface area contributed by atoms with Gasteiger partial charge in [0.1, 0.15) is 5.75 Å². The summed E-state index contributed by atoms with van der Waals surface area (Å²) in [5, 5.41) is 13.9. The Morgan fingerprint density at radius 2 is 1.45 bits per heavy atom. The van der Waals surface area contributed by atoms with Gasteiger partial charge in [0.2, 0.25) is 0 Å². The lowest BCUT2D eigenvalue weighted by molar-refractivity contribution is 0.454. The van der Waals surface area contributed by atoms with Gasteiger partial charge in [0.25, 0.3) is 0 Å². The number of thiophene rings is 1. The first-order valence-corrected chi connectivity index (χ1v) is 10.2. The Hall–Kier alpha value is -3.28. The van der Waals surface area contributed by atoms with E-state index in [0.717, 1.165) is 35.2 Å². The average molecular weight is 392 g/mol. The van der Waals surface area contributed by atoms with Crippen LogP contribution >= 0.6 is 11.3 Å². The van der Waals surface area contributed by atoms with E-state index < -0.39 is 0 Å². The van der Waals surface area contributed by atoms with Crippen LogP contribution in [0.1, 0.15) is 0 Å². The number of rotatable bonds is 3. The molecule has 0 spiro atoms. The molecule has 0 unspecified atom stereocenters. The molecule has 3 nitrogen and oxygen atoms in total. The van der Waals surface area contributed by atoms with Gasteiger partial charge in [-0.3, -0.25) is 0 Å². The van der Waals surface area contributed by atoms with E-state index in [9.17, 15) is 0 Å². The summed E-state index contributed by atoms with van der Waals surface area (Å²) >= 11 is 1.83. The maximum atomic E-state index is 9.00. The van der Waals surface area contributed by atoms with Crippen molar-refractivity contribution < 1.29 is 9.68 Å². The highest BCUT2D eigenvalue weighted by Crippen LogP contribution is 2.38. The molecule has 6 rings (SSSR count). The largest absolute Gasteiger partial charge is 0.569 e. The Balaban J connectivity index is 1.66. The highest BCUT2D eigenvalue weighted by atomic mass is 32.1. The quantitative estimate of drug-likeness (QED) is 0.372. The second kappa shape index (κ2) is 6.37. The van der Waals surface area contributed by atoms with Crippen molar-refractivity contribution in [2.45, 2.75) is 0 Å². The van der Waals surface area contributed by atoms with Crippen LogP contribution < -0.4 is 4.65 Å². The number of nitrogens with zero attached hydrogens (tertiary/aromatic N) is 1. The van der Waals surface area contributed by atoms with E-state index in [0.29, 0.717) is 5.75 Å². The van der Waals surface area contributed by atoms with Crippen molar-refractivity contribution in [3.63, 3.8) is 0 Å². The normalized spacial score (nSPS) is 11.6. The van der Waals surface area contributed by atoms with Crippen molar-refractivity contribution in [2.24, 2.45) is 0 Å². The van der Waals surface area contributed by atoms with Gasteiger partial charge in [0, 0.05) is 36.6 Å². The number of fused-ring (bicyclic) bond motifs is 6. The van der Waals surface area contributed by atoms with Crippen LogP contribution in [0.2, 0.25) is 0 Å². The molecule has 2 aromatic heterocycles. The van der Waals surface area contributed by atoms with Gasteiger partial charge in [0.15, 0.2) is 0 Å². The van der Waals surface area contributed by atoms with Crippen molar-refractivity contribution >= 4 is 61.0 Å². The third-order valence-corrected chi connectivity index (χ3v) is 6.59. The highest BCUT2D eigenvalue weighted by Gasteiger charge is 2.14. The third-order valence-electron chi connectivity index (χ3n) is 5.45. The van der Waals surface area contributed by atoms with E-state index >= 15 is 0 Å². The van der Waals surface area contributed by atoms with Crippen LogP contribution in [0.4, 0.5) is 0 Å². The standard InChI is InChI=1S/C24H15BNO2S/c27-25-28-16-10-12-22-20(14-16)17-5-1-3-7-21(17)26(22)15-9-11-19-18-6-2-4-8-23(18)29-24(19)13-15/h1-14,27H. The zero-order chi connectivity index (χ0) is 19.4. The van der Waals surface area contributed by atoms with Crippen molar-refractivity contribution in [2.75, 3.05) is 0 Å². The molecule has 5 heteroatoms. The maximum absolute atomic E-state index is 9.00. The fraction of sp³-hybridized carbons (Fsp3) is 0. The van der Waals surface area contributed by atoms with Gasteiger partial charge in [0.05, 0.1) is 11.0 Å². The molecule has 1 radical (unpaired) electrons. The Morgan fingerprint density at radius 1 is 0.690 bits per heavy atom. The zero-order valence-electron chi connectivity index (χ0n) is 15.4. The molecule has 0 aliphatic heterocycles. The predicted octanol–water partition coefficient (Wildman–Crippen LogP) is 6.06. The highest BCUT2D eigenvalue weighted by molar-refractivity contribution is 7.25. The molecule has 1 N–H and O–H groups in total. The first-order chi connectivity index (χ1) is 14.3. The van der Waals surface area contributed by atoms with Crippen LogP contribution in [0, 0.1) is 0 Å². The van der Waals surface area contributed by atoms with Crippen LogP contribution in [0.5, 0.6) is 5.75 Å². The lowest BCUT2D eigenvalue weighted by Crippen LogP contribution is -1.99. The lowest BCUT2D eigenvalue weighted by atomic mass is 10.1. The molecule has 0 aliphatic rings. The van der Waals surface area contributed by atoms with Gasteiger partial charge < -0.3 is 14.2 Å². The van der Waals surface area contributed by atoms with E-state index in [1.807, 2.05) is 35.6 Å². The second-order valence-corrected chi connectivity index (χ2v) is 8.12. The summed E-state index contributed by atoms with van der Waals surface area (Å²) in [6, 6.07) is 29.5. The number of hydrogen-bond acceptors (Lipinski definition) is 3. The van der Waals surface area contributed by atoms with Gasteiger partial charge in [-0.25, -0.2) is 0 Å². The summed E-state index contributed by atoms with van der Waals surface area (Å²) in [4.78, 5) is 0. The van der Waals surface area contributed by atoms with Gasteiger partial charge in [-0.2, -0.15) is 0 Å². The third kappa shape index (κ3) is 2.48. The second-order valence-electron chi connectivity index (χ2n) is 7.03. The summed E-state index contributed by atoms with van der Waals surface area (Å²) in [5.74, 6) is 0.614. The Labute approximate surface area is 171 Å². The minimum Gasteiger partial charge on any atom is -0.537 e. The lowest BCUT2D eigenvalue weighted by Gasteiger charge is -2.08. The molecule has 4 aromatic carbocycles. The first-order valence-electron chi connectivity index (χ1n) is 9.41. The minimum atomic E-state index is 0.614. The van der Waals surface area contributed by atoms with Gasteiger partial charge >= 0.3 is 7.69 Å². The van der Waals surface area contributed by atoms with Crippen molar-refractivity contribution in [3.8, 4) is 11.4 Å². The van der Waals surface area contributed by atoms with Crippen molar-refractivity contribution in [1.29, 1.82) is 0 Å². The molecule has 0 amide bonds. The van der Waals surface area contributed by atoms with Crippen molar-refractivity contribution in [1.82, 2.24) is 4.57 Å². The molecule has 6 aromatic rings. The molecule has 0 saturated carbocycles. The van der Waals surface area contributed by atoms with E-state index in [1.54, 1.807) is 0 Å². The van der Waals surface area contributed by atoms with Gasteiger partial charge in [-0.15, -0.1) is 11.3 Å². The molecule has 0 atom stereocenters. The predicted molar refractivity (Wildman–Crippen MR) is 122 cm³/mol. The van der Waals surface area contributed by atoms with Crippen molar-refractivity contribution in [3.05, 3.63) is 84.9 Å². The Bertz CT molecular complexity index is 1530. The van der Waals surface area contributed by atoms with E-state index in [4.69, 9.17) is 9.68 Å². The molecular weight excluding hydrogens is 377 g/mol. The molecule has 2 heterocycles. The van der Waals surface area contributed by atoms with Crippen LogP contribution in [0.3, 0.4) is 0 Å². The smallest absolute Gasteiger partial charge is 0.537 e. The topological polar surface area (TPSA) is 34.4 Å². The molecule has 29 heavy (non-hydrogen) atoms. The number of benzene rings is 4. The van der Waals surface area contributed by atoms with Gasteiger partial charge in [-0.1, -0.05) is 42.5 Å². The van der Waals surface area contributed by atoms with Crippen LogP contribution in [-0.2, 0) is 0 Å². The Kier molecular flexibility index (Phi) is 3.66. The fourth-order valence-electron chi connectivity index (χ4n) is 4.22. The monoisotopic (exact) mass is 392 g/mol. The van der Waals surface area contributed by atoms with Gasteiger partial charge in [-0.05, 0) is 42.5 Å². The molecule has 0 bridgehead atoms. The first kappa shape index (κ1) is 16.7. The maximum Gasteiger partial charge on any atom is 0.569 e. The van der Waals surface area contributed by atoms with Crippen LogP contribution in [0.15, 0.2) is 84.9 Å². The summed E-state index contributed by atoms with van der Waals surface area (Å²) in [5.41, 5.74) is 3.39. The summed E-state index contributed by atoms with van der Waals surface area (Å²) in [6.45, 7) is 0. The van der Waals surface area contributed by atoms with E-state index in [1.165, 1.54) is 20.2 Å². The zero-order valence-corrected chi connectivity index (χ0v) is 16.2. The molecule has 0 fully saturated rings. The molecule has 0 saturated heterocycles. The average Bonchev–Trinajstić information content (AvgIpc) is 3.29. The Morgan fingerprint density at radius 3 is 2.34 bits per heavy atom. The summed E-state index contributed by atoms with van der Waals surface area (Å²) in [7, 11) is 0.718. The molecule has 137 valence electrons.